The number of nitrogens with zero attached hydrogens (tertiary/aromatic N) is 2. The number of hydrogen-bond donors (Lipinski definition) is 0. The Labute approximate surface area is 81.8 Å². The molecule has 0 aliphatic carbocycles. The summed E-state index contributed by atoms with van der Waals surface area (Å²) in [5.41, 5.74) is 4.33. The number of aryl methyl sites for hydroxylation is 2. The number of rotatable bonds is 1. The van der Waals surface area contributed by atoms with E-state index in [0.29, 0.717) is 12.0 Å². The third-order valence-electron chi connectivity index (χ3n) is 2.30. The second-order valence-corrected chi connectivity index (χ2v) is 3.34. The van der Waals surface area contributed by atoms with Crippen molar-refractivity contribution in [2.75, 3.05) is 0 Å². The van der Waals surface area contributed by atoms with Crippen LogP contribution in [-0.2, 0) is 0 Å². The zero-order valence-corrected chi connectivity index (χ0v) is 8.11. The number of benzene rings is 1. The van der Waals surface area contributed by atoms with E-state index in [-0.39, 0.29) is 0 Å². The molecule has 0 atom stereocenters. The van der Waals surface area contributed by atoms with Gasteiger partial charge in [0.1, 0.15) is 5.69 Å². The van der Waals surface area contributed by atoms with E-state index in [4.69, 9.17) is 0 Å². The molecule has 14 heavy (non-hydrogen) atoms. The van der Waals surface area contributed by atoms with E-state index in [1.54, 1.807) is 0 Å². The van der Waals surface area contributed by atoms with Gasteiger partial charge in [-0.1, -0.05) is 0 Å². The lowest BCUT2D eigenvalue weighted by Gasteiger charge is -2.02. The van der Waals surface area contributed by atoms with Gasteiger partial charge in [0.05, 0.1) is 17.2 Å². The normalized spacial score (nSPS) is 10.4. The lowest BCUT2D eigenvalue weighted by atomic mass is 10.1. The summed E-state index contributed by atoms with van der Waals surface area (Å²) in [7, 11) is 0. The molecule has 0 spiro atoms. The Morgan fingerprint density at radius 2 is 1.79 bits per heavy atom. The minimum absolute atomic E-state index is 0.376. The average Bonchev–Trinajstić information content (AvgIpc) is 2.19. The van der Waals surface area contributed by atoms with Gasteiger partial charge >= 0.3 is 0 Å². The molecule has 2 rings (SSSR count). The smallest absolute Gasteiger partial charge is 0.170 e. The summed E-state index contributed by atoms with van der Waals surface area (Å²) in [6, 6.07) is 3.93. The van der Waals surface area contributed by atoms with Gasteiger partial charge in [0.25, 0.3) is 0 Å². The van der Waals surface area contributed by atoms with Crippen molar-refractivity contribution >= 4 is 17.3 Å². The summed E-state index contributed by atoms with van der Waals surface area (Å²) in [5, 5.41) is 0. The standard InChI is InChI=1S/C11H10N2O/c1-7-3-10-11(4-8(7)2)13-9(6-14)5-12-10/h3-6H,1-2H3. The van der Waals surface area contributed by atoms with Crippen molar-refractivity contribution in [1.82, 2.24) is 9.97 Å². The highest BCUT2D eigenvalue weighted by atomic mass is 16.1. The van der Waals surface area contributed by atoms with Gasteiger partial charge in [0, 0.05) is 0 Å². The van der Waals surface area contributed by atoms with Gasteiger partial charge in [-0.2, -0.15) is 0 Å². The van der Waals surface area contributed by atoms with E-state index < -0.39 is 0 Å². The van der Waals surface area contributed by atoms with Gasteiger partial charge in [-0.3, -0.25) is 9.78 Å². The SMILES string of the molecule is Cc1cc2ncc(C=O)nc2cc1C. The van der Waals surface area contributed by atoms with E-state index in [9.17, 15) is 4.79 Å². The van der Waals surface area contributed by atoms with Gasteiger partial charge in [-0.15, -0.1) is 0 Å². The minimum atomic E-state index is 0.376. The van der Waals surface area contributed by atoms with Gasteiger partial charge < -0.3 is 0 Å². The van der Waals surface area contributed by atoms with Crippen molar-refractivity contribution in [1.29, 1.82) is 0 Å². The zero-order chi connectivity index (χ0) is 10.1. The number of fused-ring (bicyclic) bond motifs is 1. The number of aldehydes is 1. The second-order valence-electron chi connectivity index (χ2n) is 3.34. The van der Waals surface area contributed by atoms with Crippen molar-refractivity contribution in [3.05, 3.63) is 35.2 Å². The van der Waals surface area contributed by atoms with Gasteiger partial charge in [-0.25, -0.2) is 4.98 Å². The van der Waals surface area contributed by atoms with Crippen LogP contribution in [0.15, 0.2) is 18.3 Å². The monoisotopic (exact) mass is 186 g/mol. The lowest BCUT2D eigenvalue weighted by molar-refractivity contribution is 0.111. The molecule has 3 heteroatoms. The molecule has 0 saturated carbocycles. The van der Waals surface area contributed by atoms with Gasteiger partial charge in [0.2, 0.25) is 0 Å². The molecule has 1 aromatic carbocycles. The molecule has 0 amide bonds. The van der Waals surface area contributed by atoms with Crippen LogP contribution < -0.4 is 0 Å². The van der Waals surface area contributed by atoms with Crippen LogP contribution in [0.4, 0.5) is 0 Å². The summed E-state index contributed by atoms with van der Waals surface area (Å²) in [5.74, 6) is 0. The highest BCUT2D eigenvalue weighted by Crippen LogP contribution is 2.15. The molecule has 0 bridgehead atoms. The Balaban J connectivity index is 2.76. The molecule has 3 nitrogen and oxygen atoms in total. The second kappa shape index (κ2) is 3.18. The molecule has 0 aliphatic rings. The zero-order valence-electron chi connectivity index (χ0n) is 8.11. The Hall–Kier alpha value is -1.77. The van der Waals surface area contributed by atoms with E-state index in [1.807, 2.05) is 26.0 Å². The maximum Gasteiger partial charge on any atom is 0.170 e. The van der Waals surface area contributed by atoms with E-state index in [0.717, 1.165) is 16.6 Å². The quantitative estimate of drug-likeness (QED) is 0.640. The maximum absolute atomic E-state index is 10.5. The first-order valence-electron chi connectivity index (χ1n) is 4.40. The van der Waals surface area contributed by atoms with Crippen molar-refractivity contribution in [2.45, 2.75) is 13.8 Å². The molecular weight excluding hydrogens is 176 g/mol. The molecule has 0 saturated heterocycles. The van der Waals surface area contributed by atoms with Crippen LogP contribution in [0, 0.1) is 13.8 Å². The molecule has 0 unspecified atom stereocenters. The summed E-state index contributed by atoms with van der Waals surface area (Å²) in [6.07, 6.45) is 2.20. The van der Waals surface area contributed by atoms with Crippen LogP contribution in [0.25, 0.3) is 11.0 Å². The average molecular weight is 186 g/mol. The van der Waals surface area contributed by atoms with Crippen molar-refractivity contribution in [2.24, 2.45) is 0 Å². The highest BCUT2D eigenvalue weighted by Gasteiger charge is 2.01. The van der Waals surface area contributed by atoms with Gasteiger partial charge in [0.15, 0.2) is 6.29 Å². The summed E-state index contributed by atoms with van der Waals surface area (Å²) in [6.45, 7) is 4.05. The fraction of sp³-hybridized carbons (Fsp3) is 0.182. The van der Waals surface area contributed by atoms with E-state index in [2.05, 4.69) is 9.97 Å². The Morgan fingerprint density at radius 3 is 2.43 bits per heavy atom. The molecule has 0 radical (unpaired) electrons. The first-order valence-corrected chi connectivity index (χ1v) is 4.40. The van der Waals surface area contributed by atoms with Crippen molar-refractivity contribution in [3.8, 4) is 0 Å². The van der Waals surface area contributed by atoms with Crippen LogP contribution in [0.1, 0.15) is 21.6 Å². The van der Waals surface area contributed by atoms with E-state index in [1.165, 1.54) is 11.8 Å². The molecule has 1 aromatic heterocycles. The maximum atomic E-state index is 10.5. The molecule has 70 valence electrons. The first kappa shape index (κ1) is 8.81. The van der Waals surface area contributed by atoms with Crippen LogP contribution >= 0.6 is 0 Å². The number of carbonyl (C=O) groups is 1. The largest absolute Gasteiger partial charge is 0.296 e. The number of aromatic nitrogens is 2. The molecule has 2 aromatic rings. The topological polar surface area (TPSA) is 42.9 Å². The molecular formula is C11H10N2O. The number of hydrogen-bond acceptors (Lipinski definition) is 3. The summed E-state index contributed by atoms with van der Waals surface area (Å²) < 4.78 is 0. The predicted octanol–water partition coefficient (Wildman–Crippen LogP) is 2.06. The Morgan fingerprint density at radius 1 is 1.14 bits per heavy atom. The first-order chi connectivity index (χ1) is 6.70. The van der Waals surface area contributed by atoms with Crippen LogP contribution in [0.2, 0.25) is 0 Å². The molecule has 0 fully saturated rings. The molecule has 0 aliphatic heterocycles. The predicted molar refractivity (Wildman–Crippen MR) is 54.4 cm³/mol. The van der Waals surface area contributed by atoms with Crippen molar-refractivity contribution < 1.29 is 4.79 Å². The Kier molecular flexibility index (Phi) is 2.00. The number of carbonyl (C=O) groups excluding carboxylic acids is 1. The lowest BCUT2D eigenvalue weighted by Crippen LogP contribution is -1.92. The Bertz CT molecular complexity index is 506. The van der Waals surface area contributed by atoms with Crippen molar-refractivity contribution in [3.63, 3.8) is 0 Å². The van der Waals surface area contributed by atoms with Crippen LogP contribution in [0.3, 0.4) is 0 Å². The van der Waals surface area contributed by atoms with Gasteiger partial charge in [-0.05, 0) is 37.1 Å². The third-order valence-corrected chi connectivity index (χ3v) is 2.30. The minimum Gasteiger partial charge on any atom is -0.296 e. The van der Waals surface area contributed by atoms with E-state index >= 15 is 0 Å². The summed E-state index contributed by atoms with van der Waals surface area (Å²) >= 11 is 0. The molecule has 1 heterocycles. The fourth-order valence-electron chi connectivity index (χ4n) is 1.34. The van der Waals surface area contributed by atoms with Crippen LogP contribution in [-0.4, -0.2) is 16.3 Å². The third kappa shape index (κ3) is 1.37. The summed E-state index contributed by atoms with van der Waals surface area (Å²) in [4.78, 5) is 18.8. The fourth-order valence-corrected chi connectivity index (χ4v) is 1.34. The van der Waals surface area contributed by atoms with Crippen LogP contribution in [0.5, 0.6) is 0 Å². The highest BCUT2D eigenvalue weighted by molar-refractivity contribution is 5.80. The molecule has 0 N–H and O–H groups in total.